The number of nitrogens with zero attached hydrogens (tertiary/aromatic N) is 1. The van der Waals surface area contributed by atoms with Crippen molar-refractivity contribution in [3.05, 3.63) is 60.1 Å². The quantitative estimate of drug-likeness (QED) is 0.793. The number of para-hydroxylation sites is 1. The number of ether oxygens (including phenoxy) is 2. The summed E-state index contributed by atoms with van der Waals surface area (Å²) in [5, 5.41) is 0. The van der Waals surface area contributed by atoms with Crippen LogP contribution in [-0.2, 0) is 0 Å². The van der Waals surface area contributed by atoms with Gasteiger partial charge in [0, 0.05) is 24.0 Å². The van der Waals surface area contributed by atoms with Crippen molar-refractivity contribution in [1.82, 2.24) is 9.03 Å². The molecule has 0 bridgehead atoms. The van der Waals surface area contributed by atoms with Crippen molar-refractivity contribution in [1.29, 1.82) is 0 Å². The summed E-state index contributed by atoms with van der Waals surface area (Å²) < 4.78 is 16.9. The summed E-state index contributed by atoms with van der Waals surface area (Å²) >= 11 is 1.54. The van der Waals surface area contributed by atoms with Crippen molar-refractivity contribution in [2.24, 2.45) is 0 Å². The van der Waals surface area contributed by atoms with Gasteiger partial charge in [-0.1, -0.05) is 18.2 Å². The Morgan fingerprint density at radius 2 is 2.47 bits per heavy atom. The summed E-state index contributed by atoms with van der Waals surface area (Å²) in [6.45, 7) is 0.503. The third-order valence-electron chi connectivity index (χ3n) is 3.15. The summed E-state index contributed by atoms with van der Waals surface area (Å²) in [4.78, 5) is 0. The summed E-state index contributed by atoms with van der Waals surface area (Å²) in [5.41, 5.74) is 2.24. The van der Waals surface area contributed by atoms with E-state index in [2.05, 4.69) is 21.2 Å². The van der Waals surface area contributed by atoms with Crippen molar-refractivity contribution in [2.45, 2.75) is 6.10 Å². The number of benzene rings is 1. The number of hydrogen-bond donors (Lipinski definition) is 1. The lowest BCUT2D eigenvalue weighted by molar-refractivity contribution is 0.115. The Labute approximate surface area is 115 Å². The molecule has 0 aliphatic carbocycles. The van der Waals surface area contributed by atoms with Gasteiger partial charge in [0.2, 0.25) is 0 Å². The Balaban J connectivity index is 1.65. The Kier molecular flexibility index (Phi) is 2.45. The van der Waals surface area contributed by atoms with Crippen LogP contribution in [0.5, 0.6) is 11.5 Å². The van der Waals surface area contributed by atoms with Crippen molar-refractivity contribution in [3.63, 3.8) is 0 Å². The van der Waals surface area contributed by atoms with Gasteiger partial charge in [-0.05, 0) is 12.1 Å². The van der Waals surface area contributed by atoms with Gasteiger partial charge >= 0.3 is 0 Å². The molecule has 1 radical (unpaired) electrons. The van der Waals surface area contributed by atoms with E-state index in [1.165, 1.54) is 0 Å². The topological polar surface area (TPSA) is 33.7 Å². The second-order valence-corrected chi connectivity index (χ2v) is 5.12. The predicted octanol–water partition coefficient (Wildman–Crippen LogP) is 2.39. The average molecular weight is 271 g/mol. The van der Waals surface area contributed by atoms with Gasteiger partial charge in [-0.3, -0.25) is 4.31 Å². The second kappa shape index (κ2) is 4.28. The Hall–Kier alpha value is -2.01. The third kappa shape index (κ3) is 1.77. The smallest absolute Gasteiger partial charge is 0.169 e. The fourth-order valence-corrected chi connectivity index (χ4v) is 2.93. The normalized spacial score (nSPS) is 23.4. The lowest BCUT2D eigenvalue weighted by Gasteiger charge is -2.30. The van der Waals surface area contributed by atoms with Crippen LogP contribution in [0.15, 0.2) is 54.0 Å². The number of fused-ring (bicyclic) bond motifs is 2. The highest BCUT2D eigenvalue weighted by Crippen LogP contribution is 2.37. The lowest BCUT2D eigenvalue weighted by atomic mass is 10.0. The maximum atomic E-state index is 6.02. The van der Waals surface area contributed by atoms with Gasteiger partial charge in [0.1, 0.15) is 6.61 Å². The van der Waals surface area contributed by atoms with Crippen molar-refractivity contribution in [2.75, 3.05) is 6.61 Å². The minimum absolute atomic E-state index is 0.0949. The molecule has 5 heteroatoms. The molecule has 1 aromatic rings. The van der Waals surface area contributed by atoms with E-state index in [1.54, 1.807) is 12.1 Å². The van der Waals surface area contributed by atoms with Gasteiger partial charge in [0.25, 0.3) is 0 Å². The van der Waals surface area contributed by atoms with Crippen molar-refractivity contribution >= 4 is 12.1 Å². The van der Waals surface area contributed by atoms with E-state index in [-0.39, 0.29) is 6.10 Å². The van der Waals surface area contributed by atoms with E-state index in [9.17, 15) is 0 Å². The second-order valence-electron chi connectivity index (χ2n) is 4.31. The van der Waals surface area contributed by atoms with Gasteiger partial charge in [0.05, 0.1) is 17.8 Å². The Bertz CT molecular complexity index is 609. The molecule has 1 N–H and O–H groups in total. The summed E-state index contributed by atoms with van der Waals surface area (Å²) in [6.07, 6.45) is 7.99. The Morgan fingerprint density at radius 3 is 3.47 bits per heavy atom. The van der Waals surface area contributed by atoms with Gasteiger partial charge in [-0.15, -0.1) is 0 Å². The molecular weight excluding hydrogens is 260 g/mol. The molecule has 3 aliphatic rings. The highest BCUT2D eigenvalue weighted by Gasteiger charge is 2.31. The minimum atomic E-state index is -0.0949. The molecule has 4 nitrogen and oxygen atoms in total. The van der Waals surface area contributed by atoms with Crippen LogP contribution >= 0.6 is 12.1 Å². The first-order valence-electron chi connectivity index (χ1n) is 6.02. The van der Waals surface area contributed by atoms with Gasteiger partial charge in [-0.25, -0.2) is 0 Å². The van der Waals surface area contributed by atoms with Crippen LogP contribution in [0.25, 0.3) is 0 Å². The molecule has 3 aliphatic heterocycles. The van der Waals surface area contributed by atoms with Crippen LogP contribution in [0.4, 0.5) is 0 Å². The van der Waals surface area contributed by atoms with Crippen LogP contribution in [-0.4, -0.2) is 17.0 Å². The zero-order valence-corrected chi connectivity index (χ0v) is 10.8. The number of hydrogen-bond acceptors (Lipinski definition) is 5. The Morgan fingerprint density at radius 1 is 1.47 bits per heavy atom. The van der Waals surface area contributed by atoms with Crippen LogP contribution in [0, 0.1) is 6.07 Å². The molecule has 0 saturated heterocycles. The summed E-state index contributed by atoms with van der Waals surface area (Å²) in [6, 6.07) is 8.67. The molecule has 0 spiro atoms. The minimum Gasteiger partial charge on any atom is -0.485 e. The number of nitrogens with one attached hydrogen (secondary N) is 1. The molecule has 19 heavy (non-hydrogen) atoms. The standard InChI is InChI=1S/C14H11N2O2S/c1-2-6-13-12(5-1)17-9-14(18-13)10-4-3-7-16-11(10)8-15-19-16/h1-4,6-8,14-15H,9H2. The molecule has 1 atom stereocenters. The van der Waals surface area contributed by atoms with E-state index in [0.29, 0.717) is 12.4 Å². The fraction of sp³-hybridized carbons (Fsp3) is 0.143. The predicted molar refractivity (Wildman–Crippen MR) is 73.1 cm³/mol. The van der Waals surface area contributed by atoms with E-state index in [4.69, 9.17) is 9.47 Å². The van der Waals surface area contributed by atoms with Crippen LogP contribution in [0.1, 0.15) is 0 Å². The molecule has 95 valence electrons. The monoisotopic (exact) mass is 271 g/mol. The molecule has 1 unspecified atom stereocenters. The van der Waals surface area contributed by atoms with E-state index in [0.717, 1.165) is 17.0 Å². The molecule has 0 aromatic heterocycles. The number of allylic oxidation sites excluding steroid dienone is 2. The van der Waals surface area contributed by atoms with E-state index < -0.39 is 0 Å². The van der Waals surface area contributed by atoms with Crippen molar-refractivity contribution < 1.29 is 9.47 Å². The molecule has 0 saturated carbocycles. The fourth-order valence-electron chi connectivity index (χ4n) is 2.27. The third-order valence-corrected chi connectivity index (χ3v) is 3.89. The molecule has 3 heterocycles. The van der Waals surface area contributed by atoms with E-state index >= 15 is 0 Å². The number of rotatable bonds is 1. The van der Waals surface area contributed by atoms with Gasteiger partial charge in [0.15, 0.2) is 17.6 Å². The molecule has 0 fully saturated rings. The van der Waals surface area contributed by atoms with Gasteiger partial charge in [-0.2, -0.15) is 0 Å². The lowest BCUT2D eigenvalue weighted by Crippen LogP contribution is -2.33. The molecule has 1 aromatic carbocycles. The molecule has 0 amide bonds. The maximum absolute atomic E-state index is 6.02. The van der Waals surface area contributed by atoms with E-state index in [1.807, 2.05) is 36.7 Å². The molecular formula is C14H11N2O2S. The van der Waals surface area contributed by atoms with Crippen LogP contribution in [0.3, 0.4) is 0 Å². The average Bonchev–Trinajstić information content (AvgIpc) is 2.95. The van der Waals surface area contributed by atoms with Gasteiger partial charge < -0.3 is 14.2 Å². The first-order valence-corrected chi connectivity index (χ1v) is 6.80. The first kappa shape index (κ1) is 10.9. The zero-order valence-electron chi connectivity index (χ0n) is 10.00. The van der Waals surface area contributed by atoms with Crippen LogP contribution < -0.4 is 14.2 Å². The van der Waals surface area contributed by atoms with Crippen molar-refractivity contribution in [3.8, 4) is 11.5 Å². The summed E-state index contributed by atoms with van der Waals surface area (Å²) in [7, 11) is 0. The molecule has 4 rings (SSSR count). The zero-order chi connectivity index (χ0) is 12.7. The highest BCUT2D eigenvalue weighted by atomic mass is 32.2. The SMILES string of the molecule is [c]1cccc2c1OCC(C1=CC=CN3SNC=C13)O2. The first-order chi connectivity index (χ1) is 9.42. The van der Waals surface area contributed by atoms with Crippen LogP contribution in [0.2, 0.25) is 0 Å². The maximum Gasteiger partial charge on any atom is 0.169 e. The largest absolute Gasteiger partial charge is 0.485 e. The highest BCUT2D eigenvalue weighted by molar-refractivity contribution is 7.95. The summed E-state index contributed by atoms with van der Waals surface area (Å²) in [5.74, 6) is 1.44.